The summed E-state index contributed by atoms with van der Waals surface area (Å²) in [5, 5.41) is 14.1. The molecular formula is C13H17N3O2. The molecule has 2 unspecified atom stereocenters. The number of rotatable bonds is 4. The van der Waals surface area contributed by atoms with Gasteiger partial charge in [0.2, 0.25) is 5.89 Å². The number of aromatic nitrogens is 2. The third kappa shape index (κ3) is 2.51. The number of anilines is 1. The van der Waals surface area contributed by atoms with Crippen molar-refractivity contribution < 1.29 is 9.63 Å². The summed E-state index contributed by atoms with van der Waals surface area (Å²) in [6.45, 7) is 1.87. The predicted octanol–water partition coefficient (Wildman–Crippen LogP) is 1.97. The summed E-state index contributed by atoms with van der Waals surface area (Å²) in [4.78, 5) is 6.00. The third-order valence-electron chi connectivity index (χ3n) is 2.84. The Morgan fingerprint density at radius 3 is 2.44 bits per heavy atom. The van der Waals surface area contributed by atoms with Crippen LogP contribution < -0.4 is 4.90 Å². The average molecular weight is 247 g/mol. The van der Waals surface area contributed by atoms with E-state index in [0.29, 0.717) is 11.8 Å². The van der Waals surface area contributed by atoms with Crippen LogP contribution in [0.4, 0.5) is 5.95 Å². The van der Waals surface area contributed by atoms with E-state index in [2.05, 4.69) is 10.1 Å². The van der Waals surface area contributed by atoms with E-state index >= 15 is 0 Å². The van der Waals surface area contributed by atoms with Gasteiger partial charge in [-0.3, -0.25) is 0 Å². The first kappa shape index (κ1) is 12.6. The second-order valence-corrected chi connectivity index (χ2v) is 4.47. The van der Waals surface area contributed by atoms with E-state index < -0.39 is 6.10 Å². The van der Waals surface area contributed by atoms with E-state index in [9.17, 15) is 5.11 Å². The summed E-state index contributed by atoms with van der Waals surface area (Å²) in [5.41, 5.74) is 0.842. The Hall–Kier alpha value is -1.88. The Morgan fingerprint density at radius 1 is 1.22 bits per heavy atom. The molecular weight excluding hydrogens is 230 g/mol. The van der Waals surface area contributed by atoms with Crippen LogP contribution in [0.15, 0.2) is 34.9 Å². The fourth-order valence-electron chi connectivity index (χ4n) is 1.67. The quantitative estimate of drug-likeness (QED) is 0.895. The lowest BCUT2D eigenvalue weighted by Gasteiger charge is -2.15. The molecule has 1 aromatic heterocycles. The second kappa shape index (κ2) is 5.18. The van der Waals surface area contributed by atoms with Gasteiger partial charge in [-0.2, -0.15) is 4.98 Å². The zero-order valence-electron chi connectivity index (χ0n) is 10.7. The molecule has 1 heterocycles. The molecule has 0 spiro atoms. The molecule has 0 bridgehead atoms. The Labute approximate surface area is 106 Å². The van der Waals surface area contributed by atoms with Crippen LogP contribution in [-0.2, 0) is 0 Å². The van der Waals surface area contributed by atoms with Gasteiger partial charge in [0, 0.05) is 14.1 Å². The predicted molar refractivity (Wildman–Crippen MR) is 68.4 cm³/mol. The van der Waals surface area contributed by atoms with Crippen molar-refractivity contribution in [3.8, 4) is 0 Å². The summed E-state index contributed by atoms with van der Waals surface area (Å²) < 4.78 is 5.17. The fraction of sp³-hybridized carbons (Fsp3) is 0.385. The first-order valence-electron chi connectivity index (χ1n) is 5.83. The van der Waals surface area contributed by atoms with E-state index in [1.165, 1.54) is 0 Å². The molecule has 18 heavy (non-hydrogen) atoms. The van der Waals surface area contributed by atoms with Crippen molar-refractivity contribution in [1.29, 1.82) is 0 Å². The minimum absolute atomic E-state index is 0.242. The molecule has 0 aliphatic carbocycles. The molecule has 0 saturated heterocycles. The Morgan fingerprint density at radius 2 is 1.89 bits per heavy atom. The first-order chi connectivity index (χ1) is 8.59. The maximum Gasteiger partial charge on any atom is 0.265 e. The lowest BCUT2D eigenvalue weighted by molar-refractivity contribution is 0.135. The number of hydrogen-bond acceptors (Lipinski definition) is 5. The highest BCUT2D eigenvalue weighted by Crippen LogP contribution is 2.29. The molecule has 0 saturated carbocycles. The van der Waals surface area contributed by atoms with Crippen LogP contribution in [0.5, 0.6) is 0 Å². The summed E-state index contributed by atoms with van der Waals surface area (Å²) >= 11 is 0. The highest BCUT2D eigenvalue weighted by molar-refractivity contribution is 5.25. The lowest BCUT2D eigenvalue weighted by atomic mass is 9.97. The van der Waals surface area contributed by atoms with Gasteiger partial charge in [-0.05, 0) is 10.7 Å². The summed E-state index contributed by atoms with van der Waals surface area (Å²) in [6.07, 6.45) is -0.651. The van der Waals surface area contributed by atoms with Gasteiger partial charge < -0.3 is 14.5 Å². The minimum Gasteiger partial charge on any atom is -0.388 e. The lowest BCUT2D eigenvalue weighted by Crippen LogP contribution is -2.11. The summed E-state index contributed by atoms with van der Waals surface area (Å²) in [5.74, 6) is 0.709. The molecule has 0 aliphatic rings. The van der Waals surface area contributed by atoms with Gasteiger partial charge >= 0.3 is 0 Å². The smallest absolute Gasteiger partial charge is 0.265 e. The van der Waals surface area contributed by atoms with Crippen molar-refractivity contribution in [3.63, 3.8) is 0 Å². The van der Waals surface area contributed by atoms with Crippen LogP contribution in [0.25, 0.3) is 0 Å². The normalized spacial score (nSPS) is 14.2. The maximum atomic E-state index is 10.2. The topological polar surface area (TPSA) is 62.4 Å². The highest BCUT2D eigenvalue weighted by Gasteiger charge is 2.24. The average Bonchev–Trinajstić information content (AvgIpc) is 2.88. The fourth-order valence-corrected chi connectivity index (χ4v) is 1.67. The van der Waals surface area contributed by atoms with Crippen LogP contribution in [0.3, 0.4) is 0 Å². The zero-order chi connectivity index (χ0) is 13.1. The molecule has 96 valence electrons. The van der Waals surface area contributed by atoms with Crippen molar-refractivity contribution in [3.05, 3.63) is 41.8 Å². The van der Waals surface area contributed by atoms with Gasteiger partial charge in [0.25, 0.3) is 5.95 Å². The maximum absolute atomic E-state index is 10.2. The molecule has 2 aromatic rings. The molecule has 0 amide bonds. The number of aliphatic hydroxyl groups excluding tert-OH is 1. The van der Waals surface area contributed by atoms with Crippen molar-refractivity contribution in [2.24, 2.45) is 0 Å². The van der Waals surface area contributed by atoms with E-state index in [-0.39, 0.29) is 5.92 Å². The number of hydrogen-bond donors (Lipinski definition) is 1. The van der Waals surface area contributed by atoms with Crippen LogP contribution in [-0.4, -0.2) is 29.3 Å². The van der Waals surface area contributed by atoms with E-state index in [1.54, 1.807) is 4.90 Å². The monoisotopic (exact) mass is 247 g/mol. The SMILES string of the molecule is CC(c1nc(N(C)C)no1)C(O)c1ccccc1. The van der Waals surface area contributed by atoms with Crippen molar-refractivity contribution in [1.82, 2.24) is 10.1 Å². The highest BCUT2D eigenvalue weighted by atomic mass is 16.5. The zero-order valence-corrected chi connectivity index (χ0v) is 10.7. The second-order valence-electron chi connectivity index (χ2n) is 4.47. The molecule has 2 rings (SSSR count). The van der Waals surface area contributed by atoms with E-state index in [4.69, 9.17) is 4.52 Å². The summed E-state index contributed by atoms with van der Waals surface area (Å²) in [7, 11) is 3.68. The van der Waals surface area contributed by atoms with Crippen LogP contribution in [0.2, 0.25) is 0 Å². The third-order valence-corrected chi connectivity index (χ3v) is 2.84. The van der Waals surface area contributed by atoms with Crippen LogP contribution >= 0.6 is 0 Å². The molecule has 0 fully saturated rings. The Balaban J connectivity index is 2.17. The van der Waals surface area contributed by atoms with Gasteiger partial charge in [0.15, 0.2) is 0 Å². The molecule has 5 nitrogen and oxygen atoms in total. The van der Waals surface area contributed by atoms with Crippen molar-refractivity contribution in [2.75, 3.05) is 19.0 Å². The first-order valence-corrected chi connectivity index (χ1v) is 5.83. The van der Waals surface area contributed by atoms with Crippen molar-refractivity contribution in [2.45, 2.75) is 18.9 Å². The molecule has 2 atom stereocenters. The number of nitrogens with zero attached hydrogens (tertiary/aromatic N) is 3. The molecule has 0 aliphatic heterocycles. The van der Waals surface area contributed by atoms with E-state index in [1.807, 2.05) is 51.4 Å². The molecule has 1 aromatic carbocycles. The Kier molecular flexibility index (Phi) is 3.62. The van der Waals surface area contributed by atoms with Gasteiger partial charge in [0.05, 0.1) is 12.0 Å². The van der Waals surface area contributed by atoms with Gasteiger partial charge in [-0.1, -0.05) is 37.3 Å². The molecule has 5 heteroatoms. The molecule has 1 N–H and O–H groups in total. The van der Waals surface area contributed by atoms with Crippen LogP contribution in [0, 0.1) is 0 Å². The van der Waals surface area contributed by atoms with Gasteiger partial charge in [0.1, 0.15) is 0 Å². The number of benzene rings is 1. The van der Waals surface area contributed by atoms with Crippen molar-refractivity contribution >= 4 is 5.95 Å². The largest absolute Gasteiger partial charge is 0.388 e. The van der Waals surface area contributed by atoms with E-state index in [0.717, 1.165) is 5.56 Å². The van der Waals surface area contributed by atoms with Gasteiger partial charge in [-0.15, -0.1) is 0 Å². The molecule has 0 radical (unpaired) electrons. The standard InChI is InChI=1S/C13H17N3O2/c1-9(11(17)10-7-5-4-6-8-10)12-14-13(15-18-12)16(2)3/h4-9,11,17H,1-3H3. The number of aliphatic hydroxyl groups is 1. The minimum atomic E-state index is -0.651. The van der Waals surface area contributed by atoms with Gasteiger partial charge in [-0.25, -0.2) is 0 Å². The Bertz CT molecular complexity index is 496. The summed E-state index contributed by atoms with van der Waals surface area (Å²) in [6, 6.07) is 9.46. The van der Waals surface area contributed by atoms with Crippen LogP contribution in [0.1, 0.15) is 30.4 Å².